The number of hydrogen-bond donors (Lipinski definition) is 1. The molecule has 5 rings (SSSR count). The summed E-state index contributed by atoms with van der Waals surface area (Å²) in [4.78, 5) is 18.5. The van der Waals surface area contributed by atoms with Crippen molar-refractivity contribution in [2.75, 3.05) is 6.54 Å². The number of nitrogens with one attached hydrogen (secondary N) is 1. The van der Waals surface area contributed by atoms with Gasteiger partial charge in [0.1, 0.15) is 0 Å². The number of H-pyrrole nitrogens is 1. The molecular weight excluding hydrogens is 344 g/mol. The van der Waals surface area contributed by atoms with Crippen molar-refractivity contribution in [3.8, 4) is 11.1 Å². The molecule has 0 spiro atoms. The van der Waals surface area contributed by atoms with Gasteiger partial charge < -0.3 is 9.88 Å². The molecule has 1 aliphatic heterocycles. The minimum absolute atomic E-state index is 0.110. The Kier molecular flexibility index (Phi) is 4.01. The Morgan fingerprint density at radius 1 is 0.929 bits per heavy atom. The zero-order chi connectivity index (χ0) is 19.1. The molecule has 0 saturated carbocycles. The van der Waals surface area contributed by atoms with E-state index in [0.717, 1.165) is 24.0 Å². The van der Waals surface area contributed by atoms with Gasteiger partial charge in [-0.2, -0.15) is 0 Å². The molecule has 0 saturated heterocycles. The van der Waals surface area contributed by atoms with Gasteiger partial charge in [0.15, 0.2) is 0 Å². The van der Waals surface area contributed by atoms with E-state index < -0.39 is 0 Å². The highest BCUT2D eigenvalue weighted by molar-refractivity contribution is 5.95. The molecule has 1 aromatic heterocycles. The van der Waals surface area contributed by atoms with Crippen LogP contribution in [0.5, 0.6) is 0 Å². The van der Waals surface area contributed by atoms with Crippen LogP contribution in [0.15, 0.2) is 72.8 Å². The minimum atomic E-state index is 0.110. The smallest absolute Gasteiger partial charge is 0.254 e. The monoisotopic (exact) mass is 366 g/mol. The first kappa shape index (κ1) is 16.8. The van der Waals surface area contributed by atoms with Gasteiger partial charge in [-0.25, -0.2) is 0 Å². The number of nitrogens with zero attached hydrogens (tertiary/aromatic N) is 1. The second-order valence-electron chi connectivity index (χ2n) is 7.55. The molecule has 0 unspecified atom stereocenters. The molecular formula is C25H22N2O. The van der Waals surface area contributed by atoms with Crippen LogP contribution in [-0.4, -0.2) is 22.3 Å². The van der Waals surface area contributed by atoms with Crippen molar-refractivity contribution in [1.29, 1.82) is 0 Å². The number of aromatic nitrogens is 1. The summed E-state index contributed by atoms with van der Waals surface area (Å²) in [7, 11) is 0. The van der Waals surface area contributed by atoms with Crippen LogP contribution in [0, 0.1) is 6.92 Å². The number of aromatic amines is 1. The predicted octanol–water partition coefficient (Wildman–Crippen LogP) is 5.34. The highest BCUT2D eigenvalue weighted by atomic mass is 16.2. The van der Waals surface area contributed by atoms with Gasteiger partial charge in [0, 0.05) is 47.2 Å². The Balaban J connectivity index is 1.50. The fourth-order valence-corrected chi connectivity index (χ4v) is 4.08. The topological polar surface area (TPSA) is 36.1 Å². The molecule has 0 radical (unpaired) electrons. The van der Waals surface area contributed by atoms with E-state index in [2.05, 4.69) is 47.4 Å². The molecule has 138 valence electrons. The molecule has 0 fully saturated rings. The van der Waals surface area contributed by atoms with Crippen LogP contribution in [0.4, 0.5) is 0 Å². The number of carbonyl (C=O) groups is 1. The number of hydrogen-bond acceptors (Lipinski definition) is 1. The van der Waals surface area contributed by atoms with Gasteiger partial charge in [0.25, 0.3) is 5.91 Å². The van der Waals surface area contributed by atoms with E-state index in [0.29, 0.717) is 6.54 Å². The fraction of sp³-hybridized carbons (Fsp3) is 0.160. The maximum atomic E-state index is 13.0. The van der Waals surface area contributed by atoms with Crippen molar-refractivity contribution in [3.63, 3.8) is 0 Å². The van der Waals surface area contributed by atoms with E-state index in [-0.39, 0.29) is 5.91 Å². The Hall–Kier alpha value is -3.33. The summed E-state index contributed by atoms with van der Waals surface area (Å²) in [5.41, 5.74) is 8.00. The van der Waals surface area contributed by atoms with E-state index in [1.807, 2.05) is 42.2 Å². The summed E-state index contributed by atoms with van der Waals surface area (Å²) in [6, 6.07) is 24.8. The third-order valence-electron chi connectivity index (χ3n) is 5.67. The third-order valence-corrected chi connectivity index (χ3v) is 5.67. The SMILES string of the molecule is Cc1ccc(C(=O)N2CCc3[nH]c4ccc(-c5ccccc5)cc4c3C2)cc1. The van der Waals surface area contributed by atoms with E-state index >= 15 is 0 Å². The van der Waals surface area contributed by atoms with Crippen molar-refractivity contribution < 1.29 is 4.79 Å². The molecule has 0 atom stereocenters. The van der Waals surface area contributed by atoms with E-state index in [9.17, 15) is 4.79 Å². The summed E-state index contributed by atoms with van der Waals surface area (Å²) in [5.74, 6) is 0.110. The molecule has 1 aliphatic rings. The molecule has 1 amide bonds. The van der Waals surface area contributed by atoms with Gasteiger partial charge >= 0.3 is 0 Å². The summed E-state index contributed by atoms with van der Waals surface area (Å²) in [6.07, 6.45) is 0.863. The highest BCUT2D eigenvalue weighted by Crippen LogP contribution is 2.32. The second kappa shape index (κ2) is 6.68. The summed E-state index contributed by atoms with van der Waals surface area (Å²) >= 11 is 0. The summed E-state index contributed by atoms with van der Waals surface area (Å²) in [5, 5.41) is 1.22. The van der Waals surface area contributed by atoms with Gasteiger partial charge in [-0.1, -0.05) is 54.1 Å². The average Bonchev–Trinajstić information content (AvgIpc) is 3.11. The van der Waals surface area contributed by atoms with E-state index in [4.69, 9.17) is 0 Å². The number of fused-ring (bicyclic) bond motifs is 3. The van der Waals surface area contributed by atoms with Crippen LogP contribution in [0.3, 0.4) is 0 Å². The molecule has 28 heavy (non-hydrogen) atoms. The molecule has 1 N–H and O–H groups in total. The van der Waals surface area contributed by atoms with Crippen LogP contribution in [0.2, 0.25) is 0 Å². The van der Waals surface area contributed by atoms with Gasteiger partial charge in [-0.05, 0) is 42.3 Å². The maximum absolute atomic E-state index is 13.0. The van der Waals surface area contributed by atoms with E-state index in [1.165, 1.54) is 33.3 Å². The lowest BCUT2D eigenvalue weighted by Gasteiger charge is -2.27. The number of benzene rings is 3. The molecule has 4 aromatic rings. The van der Waals surface area contributed by atoms with Crippen molar-refractivity contribution in [1.82, 2.24) is 9.88 Å². The quantitative estimate of drug-likeness (QED) is 0.511. The molecule has 2 heterocycles. The lowest BCUT2D eigenvalue weighted by atomic mass is 9.99. The number of aryl methyl sites for hydroxylation is 1. The normalized spacial score (nSPS) is 13.5. The third kappa shape index (κ3) is 2.89. The Bertz CT molecular complexity index is 1160. The van der Waals surface area contributed by atoms with Gasteiger partial charge in [0.2, 0.25) is 0 Å². The summed E-state index contributed by atoms with van der Waals surface area (Å²) < 4.78 is 0. The average molecular weight is 366 g/mol. The lowest BCUT2D eigenvalue weighted by Crippen LogP contribution is -2.35. The van der Waals surface area contributed by atoms with Crippen molar-refractivity contribution in [2.24, 2.45) is 0 Å². The predicted molar refractivity (Wildman–Crippen MR) is 113 cm³/mol. The fourth-order valence-electron chi connectivity index (χ4n) is 4.08. The first-order chi connectivity index (χ1) is 13.7. The van der Waals surface area contributed by atoms with Crippen LogP contribution in [0.25, 0.3) is 22.0 Å². The van der Waals surface area contributed by atoms with Crippen LogP contribution in [0.1, 0.15) is 27.2 Å². The first-order valence-electron chi connectivity index (χ1n) is 9.74. The largest absolute Gasteiger partial charge is 0.358 e. The molecule has 3 aromatic carbocycles. The van der Waals surface area contributed by atoms with Gasteiger partial charge in [0.05, 0.1) is 0 Å². The number of carbonyl (C=O) groups excluding carboxylic acids is 1. The lowest BCUT2D eigenvalue weighted by molar-refractivity contribution is 0.0735. The molecule has 3 nitrogen and oxygen atoms in total. The van der Waals surface area contributed by atoms with Crippen LogP contribution in [-0.2, 0) is 13.0 Å². The number of amides is 1. The molecule has 3 heteroatoms. The molecule has 0 bridgehead atoms. The number of rotatable bonds is 2. The zero-order valence-corrected chi connectivity index (χ0v) is 15.9. The Morgan fingerprint density at radius 3 is 2.50 bits per heavy atom. The standard InChI is InChI=1S/C25H22N2O/c1-17-7-9-19(10-8-17)25(28)27-14-13-24-22(16-27)21-15-20(11-12-23(21)26-24)18-5-3-2-4-6-18/h2-12,15,26H,13-14,16H2,1H3. The zero-order valence-electron chi connectivity index (χ0n) is 15.9. The second-order valence-corrected chi connectivity index (χ2v) is 7.55. The maximum Gasteiger partial charge on any atom is 0.254 e. The van der Waals surface area contributed by atoms with Crippen molar-refractivity contribution in [3.05, 3.63) is 95.2 Å². The van der Waals surface area contributed by atoms with Crippen molar-refractivity contribution in [2.45, 2.75) is 19.9 Å². The van der Waals surface area contributed by atoms with Gasteiger partial charge in [-0.3, -0.25) is 4.79 Å². The minimum Gasteiger partial charge on any atom is -0.358 e. The van der Waals surface area contributed by atoms with E-state index in [1.54, 1.807) is 0 Å². The Morgan fingerprint density at radius 2 is 1.71 bits per heavy atom. The van der Waals surface area contributed by atoms with Crippen LogP contribution >= 0.6 is 0 Å². The summed E-state index contributed by atoms with van der Waals surface area (Å²) in [6.45, 7) is 3.44. The Labute approximate surface area is 164 Å². The first-order valence-corrected chi connectivity index (χ1v) is 9.74. The highest BCUT2D eigenvalue weighted by Gasteiger charge is 2.25. The van der Waals surface area contributed by atoms with Gasteiger partial charge in [-0.15, -0.1) is 0 Å². The van der Waals surface area contributed by atoms with Crippen molar-refractivity contribution >= 4 is 16.8 Å². The molecule has 0 aliphatic carbocycles. The van der Waals surface area contributed by atoms with Crippen LogP contribution < -0.4 is 0 Å².